The maximum atomic E-state index is 12.9. The van der Waals surface area contributed by atoms with E-state index in [1.54, 1.807) is 26.2 Å². The van der Waals surface area contributed by atoms with Crippen molar-refractivity contribution in [1.29, 1.82) is 5.41 Å². The van der Waals surface area contributed by atoms with Gasteiger partial charge in [-0.1, -0.05) is 0 Å². The van der Waals surface area contributed by atoms with E-state index >= 15 is 0 Å². The minimum atomic E-state index is -1.06. The average molecular weight is 649 g/mol. The number of hydrogen-bond donors (Lipinski definition) is 7. The number of methoxy groups -OCH3 is 1. The summed E-state index contributed by atoms with van der Waals surface area (Å²) in [5.74, 6) is 0.837. The van der Waals surface area contributed by atoms with Crippen molar-refractivity contribution in [1.82, 2.24) is 16.0 Å². The van der Waals surface area contributed by atoms with Crippen molar-refractivity contribution in [2.24, 2.45) is 15.9 Å². The van der Waals surface area contributed by atoms with E-state index in [1.165, 1.54) is 0 Å². The number of nitrogens with zero attached hydrogens (tertiary/aromatic N) is 2. The molecule has 47 heavy (non-hydrogen) atoms. The largest absolute Gasteiger partial charge is 0.496 e. The molecule has 6 aliphatic rings. The first-order valence-electron chi connectivity index (χ1n) is 16.0. The van der Waals surface area contributed by atoms with E-state index in [4.69, 9.17) is 24.4 Å². The number of guanidine groups is 1. The van der Waals surface area contributed by atoms with Crippen LogP contribution in [0.5, 0.6) is 17.2 Å². The highest BCUT2D eigenvalue weighted by Gasteiger charge is 2.48. The van der Waals surface area contributed by atoms with Gasteiger partial charge in [0.15, 0.2) is 6.67 Å². The molecule has 5 atom stereocenters. The van der Waals surface area contributed by atoms with Gasteiger partial charge in [-0.15, -0.1) is 0 Å². The molecule has 1 aromatic carbocycles. The Morgan fingerprint density at radius 2 is 2.11 bits per heavy atom. The van der Waals surface area contributed by atoms with Crippen LogP contribution in [-0.2, 0) is 20.7 Å². The number of piperidine rings is 1. The number of ether oxygens (including phenoxy) is 4. The summed E-state index contributed by atoms with van der Waals surface area (Å²) in [6.45, 7) is 6.25. The minimum absolute atomic E-state index is 0.0368. The van der Waals surface area contributed by atoms with Crippen molar-refractivity contribution in [3.63, 3.8) is 0 Å². The highest BCUT2D eigenvalue weighted by Crippen LogP contribution is 2.50. The summed E-state index contributed by atoms with van der Waals surface area (Å²) in [4.78, 5) is 35.8. The van der Waals surface area contributed by atoms with Crippen LogP contribution in [0, 0.1) is 11.3 Å². The number of hydrogen-bond acceptors (Lipinski definition) is 11. The van der Waals surface area contributed by atoms with Crippen molar-refractivity contribution in [2.75, 3.05) is 40.0 Å². The summed E-state index contributed by atoms with van der Waals surface area (Å²) in [6, 6.07) is 1.77. The molecule has 5 unspecified atom stereocenters. The fraction of sp³-hybridized carbons (Fsp3) is 0.469. The number of fused-ring (bicyclic) bond motifs is 3. The Morgan fingerprint density at radius 3 is 2.87 bits per heavy atom. The number of quaternary nitrogens is 2. The van der Waals surface area contributed by atoms with Gasteiger partial charge in [-0.05, 0) is 63.4 Å². The molecule has 15 nitrogen and oxygen atoms in total. The molecule has 0 bridgehead atoms. The molecule has 248 valence electrons. The number of esters is 1. The molecular weight excluding hydrogens is 608 g/mol. The van der Waals surface area contributed by atoms with Gasteiger partial charge in [0.2, 0.25) is 17.4 Å². The second kappa shape index (κ2) is 12.2. The van der Waals surface area contributed by atoms with Crippen LogP contribution in [0.3, 0.4) is 0 Å². The lowest BCUT2D eigenvalue weighted by molar-refractivity contribution is -1.05. The topological polar surface area (TPSA) is 185 Å². The lowest BCUT2D eigenvalue weighted by Crippen LogP contribution is -3.36. The SMILES string of the molecule is CCOC(=O)C1=CC(=CC[NH+]2C=CNC2[NH+]2CN=C3C(=O)NC(=N)N=C32)c2c(cc3c(c2OC)CC(C(C)(O)C2CCNCC2)O3)O1. The number of rotatable bonds is 8. The normalized spacial score (nSPS) is 28.4. The zero-order valence-electron chi connectivity index (χ0n) is 26.6. The van der Waals surface area contributed by atoms with Crippen LogP contribution in [0.1, 0.15) is 37.8 Å². The lowest BCUT2D eigenvalue weighted by Gasteiger charge is -2.39. The molecule has 0 aliphatic carbocycles. The van der Waals surface area contributed by atoms with Crippen LogP contribution in [0.25, 0.3) is 5.57 Å². The lowest BCUT2D eigenvalue weighted by atomic mass is 9.77. The molecule has 0 aromatic heterocycles. The number of amidine groups is 1. The molecule has 1 amide bonds. The van der Waals surface area contributed by atoms with Crippen molar-refractivity contribution in [2.45, 2.75) is 51.1 Å². The highest BCUT2D eigenvalue weighted by atomic mass is 16.6. The Hall–Kier alpha value is -4.57. The summed E-state index contributed by atoms with van der Waals surface area (Å²) in [5, 5.41) is 28.7. The zero-order chi connectivity index (χ0) is 32.9. The van der Waals surface area contributed by atoms with Gasteiger partial charge >= 0.3 is 12.3 Å². The van der Waals surface area contributed by atoms with Gasteiger partial charge < -0.3 is 29.4 Å². The fourth-order valence-electron chi connectivity index (χ4n) is 7.23. The standard InChI is InChI=1S/C32H38N8O7/c1-4-45-29(42)22-13-17(7-11-39-12-10-35-31(39)40-16-36-25-27(40)37-30(33)38-28(25)41)24-21(46-22)15-20-19(26(24)44-3)14-23(47-20)32(2,43)18-5-8-34-9-6-18/h7,10,12-13,15,18,23,31,34-35,43H,4-6,8-9,11,14,16H2,1-3H3,(H2,33,38,41)/p+2. The molecule has 7 rings (SSSR count). The zero-order valence-corrected chi connectivity index (χ0v) is 26.6. The second-order valence-electron chi connectivity index (χ2n) is 12.5. The third-order valence-electron chi connectivity index (χ3n) is 9.70. The molecule has 6 heterocycles. The van der Waals surface area contributed by atoms with Crippen molar-refractivity contribution >= 4 is 35.0 Å². The number of allylic oxidation sites excluding steroid dienone is 2. The van der Waals surface area contributed by atoms with Gasteiger partial charge in [0.05, 0.1) is 25.5 Å². The number of benzene rings is 1. The van der Waals surface area contributed by atoms with Crippen molar-refractivity contribution in [3.05, 3.63) is 47.5 Å². The average Bonchev–Trinajstić information content (AvgIpc) is 3.81. The van der Waals surface area contributed by atoms with Crippen LogP contribution >= 0.6 is 0 Å². The quantitative estimate of drug-likeness (QED) is 0.156. The molecule has 7 N–H and O–H groups in total. The van der Waals surface area contributed by atoms with Crippen molar-refractivity contribution < 1.29 is 43.4 Å². The Kier molecular flexibility index (Phi) is 8.08. The van der Waals surface area contributed by atoms with Gasteiger partial charge in [0, 0.05) is 18.1 Å². The summed E-state index contributed by atoms with van der Waals surface area (Å²) in [5.41, 5.74) is 1.40. The van der Waals surface area contributed by atoms with Crippen LogP contribution in [0.4, 0.5) is 0 Å². The molecular formula is C32H40N8O7+2. The van der Waals surface area contributed by atoms with Gasteiger partial charge in [-0.2, -0.15) is 9.89 Å². The predicted octanol–water partition coefficient (Wildman–Crippen LogP) is -2.02. The van der Waals surface area contributed by atoms with E-state index in [0.717, 1.165) is 41.3 Å². The number of carbonyl (C=O) groups excluding carboxylic acids is 2. The van der Waals surface area contributed by atoms with Crippen molar-refractivity contribution in [3.8, 4) is 17.2 Å². The van der Waals surface area contributed by atoms with Gasteiger partial charge in [-0.25, -0.2) is 14.7 Å². The summed E-state index contributed by atoms with van der Waals surface area (Å²) < 4.78 is 23.8. The number of nitrogens with one attached hydrogen (secondary N) is 6. The van der Waals surface area contributed by atoms with E-state index in [9.17, 15) is 14.7 Å². The predicted molar refractivity (Wildman–Crippen MR) is 169 cm³/mol. The van der Waals surface area contributed by atoms with E-state index in [0.29, 0.717) is 53.9 Å². The fourth-order valence-corrected chi connectivity index (χ4v) is 7.23. The Bertz CT molecular complexity index is 1670. The Balaban J connectivity index is 1.20. The van der Waals surface area contributed by atoms with Gasteiger partial charge in [-0.3, -0.25) is 20.8 Å². The number of aliphatic hydroxyl groups is 1. The molecule has 0 saturated carbocycles. The first-order chi connectivity index (χ1) is 22.7. The third kappa shape index (κ3) is 5.48. The monoisotopic (exact) mass is 648 g/mol. The molecule has 1 saturated heterocycles. The number of carbonyl (C=O) groups is 2. The van der Waals surface area contributed by atoms with E-state index < -0.39 is 23.6 Å². The Labute approximate surface area is 271 Å². The first kappa shape index (κ1) is 31.1. The summed E-state index contributed by atoms with van der Waals surface area (Å²) in [6.07, 6.45) is 8.91. The number of amides is 1. The summed E-state index contributed by atoms with van der Waals surface area (Å²) in [7, 11) is 1.59. The summed E-state index contributed by atoms with van der Waals surface area (Å²) >= 11 is 0. The van der Waals surface area contributed by atoms with Gasteiger partial charge in [0.25, 0.3) is 11.7 Å². The van der Waals surface area contributed by atoms with Crippen LogP contribution < -0.4 is 40.0 Å². The molecule has 15 heteroatoms. The molecule has 1 fully saturated rings. The van der Waals surface area contributed by atoms with E-state index in [2.05, 4.69) is 25.9 Å². The van der Waals surface area contributed by atoms with E-state index in [1.807, 2.05) is 25.4 Å². The first-order valence-corrected chi connectivity index (χ1v) is 16.0. The van der Waals surface area contributed by atoms with Crippen LogP contribution in [-0.4, -0.2) is 92.5 Å². The molecule has 0 spiro atoms. The Morgan fingerprint density at radius 1 is 1.30 bits per heavy atom. The van der Waals surface area contributed by atoms with Crippen LogP contribution in [0.15, 0.2) is 46.4 Å². The maximum absolute atomic E-state index is 12.9. The molecule has 0 radical (unpaired) electrons. The molecule has 1 aromatic rings. The number of aliphatic imine (C=N–C) groups is 2. The van der Waals surface area contributed by atoms with E-state index in [-0.39, 0.29) is 36.2 Å². The highest BCUT2D eigenvalue weighted by molar-refractivity contribution is 6.68. The maximum Gasteiger partial charge on any atom is 0.374 e. The minimum Gasteiger partial charge on any atom is -0.496 e. The molecule has 6 aliphatic heterocycles. The van der Waals surface area contributed by atoms with Gasteiger partial charge in [0.1, 0.15) is 41.7 Å². The third-order valence-corrected chi connectivity index (χ3v) is 9.70. The second-order valence-corrected chi connectivity index (χ2v) is 12.5. The smallest absolute Gasteiger partial charge is 0.374 e. The van der Waals surface area contributed by atoms with Crippen LogP contribution in [0.2, 0.25) is 0 Å².